The third kappa shape index (κ3) is 3.01. The molecule has 0 fully saturated rings. The third-order valence-corrected chi connectivity index (χ3v) is 2.18. The van der Waals surface area contributed by atoms with Crippen LogP contribution in [0.25, 0.3) is 0 Å². The highest BCUT2D eigenvalue weighted by atomic mass is 19.4. The van der Waals surface area contributed by atoms with E-state index >= 15 is 0 Å². The summed E-state index contributed by atoms with van der Waals surface area (Å²) in [5, 5.41) is 1.76. The molecule has 3 N–H and O–H groups in total. The normalized spacial score (nSPS) is 14.1. The van der Waals surface area contributed by atoms with E-state index in [1.165, 1.54) is 0 Å². The summed E-state index contributed by atoms with van der Waals surface area (Å²) in [5.41, 5.74) is 2.33. The van der Waals surface area contributed by atoms with Gasteiger partial charge in [-0.3, -0.25) is 4.79 Å². The molecular formula is C8H13F3N2O3. The molecule has 0 aliphatic heterocycles. The molecule has 0 aliphatic rings. The highest BCUT2D eigenvalue weighted by molar-refractivity contribution is 5.85. The van der Waals surface area contributed by atoms with Crippen molar-refractivity contribution >= 4 is 12.0 Å². The molecular weight excluding hydrogens is 229 g/mol. The maximum Gasteiger partial charge on any atom is 0.407 e. The SMILES string of the molecule is COC(=O)N[C@H](C(N)=O)C(C)(C)C(F)(F)F. The van der Waals surface area contributed by atoms with E-state index in [1.54, 1.807) is 5.32 Å². The fourth-order valence-corrected chi connectivity index (χ4v) is 0.948. The average Bonchev–Trinajstić information content (AvgIpc) is 2.10. The number of methoxy groups -OCH3 is 1. The summed E-state index contributed by atoms with van der Waals surface area (Å²) in [6, 6.07) is -1.89. The van der Waals surface area contributed by atoms with Crippen LogP contribution in [0, 0.1) is 5.41 Å². The molecule has 0 aromatic carbocycles. The lowest BCUT2D eigenvalue weighted by molar-refractivity contribution is -0.220. The lowest BCUT2D eigenvalue weighted by Gasteiger charge is -2.33. The first-order chi connectivity index (χ1) is 7.04. The summed E-state index contributed by atoms with van der Waals surface area (Å²) in [6.45, 7) is 1.52. The summed E-state index contributed by atoms with van der Waals surface area (Å²) in [4.78, 5) is 21.7. The van der Waals surface area contributed by atoms with Crippen molar-refractivity contribution in [3.05, 3.63) is 0 Å². The van der Waals surface area contributed by atoms with Gasteiger partial charge in [0.1, 0.15) is 6.04 Å². The molecule has 0 rings (SSSR count). The minimum Gasteiger partial charge on any atom is -0.453 e. The second-order valence-electron chi connectivity index (χ2n) is 3.69. The first kappa shape index (κ1) is 14.5. The predicted octanol–water partition coefficient (Wildman–Crippen LogP) is 0.785. The molecule has 16 heavy (non-hydrogen) atoms. The molecule has 0 aromatic heterocycles. The van der Waals surface area contributed by atoms with Gasteiger partial charge in [0.15, 0.2) is 0 Å². The lowest BCUT2D eigenvalue weighted by atomic mass is 9.83. The number of nitrogens with one attached hydrogen (secondary N) is 1. The number of alkyl carbamates (subject to hydrolysis) is 1. The summed E-state index contributed by atoms with van der Waals surface area (Å²) < 4.78 is 41.9. The van der Waals surface area contributed by atoms with Gasteiger partial charge in [0.2, 0.25) is 5.91 Å². The Kier molecular flexibility index (Phi) is 4.16. The molecule has 2 amide bonds. The van der Waals surface area contributed by atoms with E-state index in [0.29, 0.717) is 0 Å². The van der Waals surface area contributed by atoms with Gasteiger partial charge in [-0.2, -0.15) is 13.2 Å². The molecule has 0 bridgehead atoms. The maximum absolute atomic E-state index is 12.6. The van der Waals surface area contributed by atoms with Crippen LogP contribution in [0.2, 0.25) is 0 Å². The molecule has 0 radical (unpaired) electrons. The van der Waals surface area contributed by atoms with Crippen molar-refractivity contribution in [2.45, 2.75) is 26.1 Å². The fraction of sp³-hybridized carbons (Fsp3) is 0.750. The molecule has 0 aromatic rings. The van der Waals surface area contributed by atoms with Gasteiger partial charge >= 0.3 is 12.3 Å². The first-order valence-electron chi connectivity index (χ1n) is 4.24. The van der Waals surface area contributed by atoms with E-state index in [1.807, 2.05) is 0 Å². The van der Waals surface area contributed by atoms with Crippen molar-refractivity contribution in [2.24, 2.45) is 11.1 Å². The van der Waals surface area contributed by atoms with Crippen LogP contribution in [0.5, 0.6) is 0 Å². The van der Waals surface area contributed by atoms with E-state index in [-0.39, 0.29) is 0 Å². The summed E-state index contributed by atoms with van der Waals surface area (Å²) in [6.07, 6.45) is -5.84. The first-order valence-corrected chi connectivity index (χ1v) is 4.24. The molecule has 0 heterocycles. The van der Waals surface area contributed by atoms with E-state index < -0.39 is 29.6 Å². The van der Waals surface area contributed by atoms with Gasteiger partial charge in [0.05, 0.1) is 12.5 Å². The Morgan fingerprint density at radius 2 is 1.75 bits per heavy atom. The molecule has 0 unspecified atom stereocenters. The van der Waals surface area contributed by atoms with Crippen LogP contribution in [0.4, 0.5) is 18.0 Å². The zero-order chi connectivity index (χ0) is 13.1. The van der Waals surface area contributed by atoms with E-state index in [0.717, 1.165) is 21.0 Å². The van der Waals surface area contributed by atoms with Crippen molar-refractivity contribution in [3.63, 3.8) is 0 Å². The van der Waals surface area contributed by atoms with Crippen LogP contribution < -0.4 is 11.1 Å². The minimum atomic E-state index is -4.69. The highest BCUT2D eigenvalue weighted by Crippen LogP contribution is 2.40. The largest absolute Gasteiger partial charge is 0.453 e. The van der Waals surface area contributed by atoms with Crippen LogP contribution in [0.3, 0.4) is 0 Å². The van der Waals surface area contributed by atoms with E-state index in [9.17, 15) is 22.8 Å². The van der Waals surface area contributed by atoms with Crippen LogP contribution in [0.1, 0.15) is 13.8 Å². The molecule has 94 valence electrons. The van der Waals surface area contributed by atoms with Crippen LogP contribution in [-0.2, 0) is 9.53 Å². The molecule has 0 saturated heterocycles. The second-order valence-corrected chi connectivity index (χ2v) is 3.69. The Morgan fingerprint density at radius 1 is 1.31 bits per heavy atom. The van der Waals surface area contributed by atoms with Gasteiger partial charge in [0, 0.05) is 0 Å². The molecule has 5 nitrogen and oxygen atoms in total. The number of hydrogen-bond acceptors (Lipinski definition) is 3. The number of primary amides is 1. The standard InChI is InChI=1S/C8H13F3N2O3/c1-7(2,8(9,10)11)4(5(12)14)13-6(15)16-3/h4H,1-3H3,(H2,12,14)(H,13,15)/t4-/m1/s1. The third-order valence-electron chi connectivity index (χ3n) is 2.18. The van der Waals surface area contributed by atoms with Gasteiger partial charge < -0.3 is 15.8 Å². The number of alkyl halides is 3. The predicted molar refractivity (Wildman–Crippen MR) is 48.4 cm³/mol. The van der Waals surface area contributed by atoms with E-state index in [4.69, 9.17) is 5.73 Å². The van der Waals surface area contributed by atoms with Crippen molar-refractivity contribution < 1.29 is 27.5 Å². The van der Waals surface area contributed by atoms with Gasteiger partial charge in [-0.1, -0.05) is 0 Å². The van der Waals surface area contributed by atoms with Gasteiger partial charge in [-0.25, -0.2) is 4.79 Å². The number of carbonyl (C=O) groups is 2. The topological polar surface area (TPSA) is 81.4 Å². The van der Waals surface area contributed by atoms with Gasteiger partial charge in [0.25, 0.3) is 0 Å². The molecule has 0 spiro atoms. The Balaban J connectivity index is 5.07. The van der Waals surface area contributed by atoms with Crippen molar-refractivity contribution in [3.8, 4) is 0 Å². The van der Waals surface area contributed by atoms with Gasteiger partial charge in [-0.05, 0) is 13.8 Å². The Bertz CT molecular complexity index is 289. The number of halogens is 3. The second kappa shape index (κ2) is 4.58. The van der Waals surface area contributed by atoms with Crippen molar-refractivity contribution in [1.82, 2.24) is 5.32 Å². The van der Waals surface area contributed by atoms with Gasteiger partial charge in [-0.15, -0.1) is 0 Å². The monoisotopic (exact) mass is 242 g/mol. The minimum absolute atomic E-state index is 0.762. The molecule has 0 saturated carbocycles. The smallest absolute Gasteiger partial charge is 0.407 e. The molecule has 8 heteroatoms. The zero-order valence-corrected chi connectivity index (χ0v) is 9.01. The zero-order valence-electron chi connectivity index (χ0n) is 9.01. The summed E-state index contributed by atoms with van der Waals surface area (Å²) in [7, 11) is 0.966. The Hall–Kier alpha value is -1.47. The summed E-state index contributed by atoms with van der Waals surface area (Å²) >= 11 is 0. The fourth-order valence-electron chi connectivity index (χ4n) is 0.948. The van der Waals surface area contributed by atoms with Crippen LogP contribution in [0.15, 0.2) is 0 Å². The number of amides is 2. The number of carbonyl (C=O) groups excluding carboxylic acids is 2. The quantitative estimate of drug-likeness (QED) is 0.767. The Labute approximate surface area is 90.1 Å². The van der Waals surface area contributed by atoms with Crippen LogP contribution in [-0.4, -0.2) is 31.3 Å². The summed E-state index contributed by atoms with van der Waals surface area (Å²) in [5.74, 6) is -1.28. The highest BCUT2D eigenvalue weighted by Gasteiger charge is 2.55. The molecule has 0 aliphatic carbocycles. The van der Waals surface area contributed by atoms with Crippen molar-refractivity contribution in [1.29, 1.82) is 0 Å². The molecule has 1 atom stereocenters. The average molecular weight is 242 g/mol. The number of nitrogens with two attached hydrogens (primary N) is 1. The number of rotatable bonds is 3. The van der Waals surface area contributed by atoms with E-state index in [2.05, 4.69) is 4.74 Å². The number of hydrogen-bond donors (Lipinski definition) is 2. The van der Waals surface area contributed by atoms with Crippen LogP contribution >= 0.6 is 0 Å². The van der Waals surface area contributed by atoms with Crippen molar-refractivity contribution in [2.75, 3.05) is 7.11 Å². The Morgan fingerprint density at radius 3 is 2.00 bits per heavy atom. The number of ether oxygens (including phenoxy) is 1. The lowest BCUT2D eigenvalue weighted by Crippen LogP contribution is -2.58. The maximum atomic E-state index is 12.6.